The van der Waals surface area contributed by atoms with Gasteiger partial charge in [-0.25, -0.2) is 9.69 Å². The van der Waals surface area contributed by atoms with Crippen LogP contribution in [0.4, 0.5) is 10.5 Å². The lowest BCUT2D eigenvalue weighted by molar-refractivity contribution is -0.113. The molecule has 0 saturated carbocycles. The average molecular weight is 718 g/mol. The molecule has 6 nitrogen and oxygen atoms in total. The predicted octanol–water partition coefficient (Wildman–Crippen LogP) is 7.07. The number of carboxylic acid groups (broad SMARTS) is 1. The summed E-state index contributed by atoms with van der Waals surface area (Å²) in [6.07, 6.45) is 1.69. The molecule has 0 bridgehead atoms. The van der Waals surface area contributed by atoms with E-state index in [0.717, 1.165) is 34.9 Å². The zero-order chi connectivity index (χ0) is 24.4. The molecule has 0 aromatic heterocycles. The molecular formula is C24H14ClI2NO5S. The van der Waals surface area contributed by atoms with E-state index in [4.69, 9.17) is 21.4 Å². The molecule has 0 spiro atoms. The van der Waals surface area contributed by atoms with Crippen LogP contribution in [0.5, 0.6) is 5.75 Å². The number of amides is 2. The van der Waals surface area contributed by atoms with Crippen LogP contribution >= 0.6 is 68.5 Å². The topological polar surface area (TPSA) is 83.9 Å². The molecule has 34 heavy (non-hydrogen) atoms. The standard InChI is InChI=1S/C24H14ClI2NO5S/c25-16-2-1-3-17(11-16)28-22(29)20(34-24(28)32)10-14-8-18(26)21(19(27)9-14)33-12-13-4-6-15(7-5-13)23(30)31/h1-11H,12H2,(H,30,31)/b20-10+. The van der Waals surface area contributed by atoms with Gasteiger partial charge in [0, 0.05) is 5.02 Å². The maximum atomic E-state index is 12.9. The van der Waals surface area contributed by atoms with E-state index in [2.05, 4.69) is 45.2 Å². The van der Waals surface area contributed by atoms with E-state index in [1.807, 2.05) is 12.1 Å². The summed E-state index contributed by atoms with van der Waals surface area (Å²) in [5, 5.41) is 9.08. The molecule has 0 unspecified atom stereocenters. The fourth-order valence-corrected chi connectivity index (χ4v) is 6.31. The molecule has 2 amide bonds. The van der Waals surface area contributed by atoms with Crippen molar-refractivity contribution in [2.45, 2.75) is 6.61 Å². The van der Waals surface area contributed by atoms with Crippen LogP contribution < -0.4 is 9.64 Å². The quantitative estimate of drug-likeness (QED) is 0.217. The lowest BCUT2D eigenvalue weighted by atomic mass is 10.1. The highest BCUT2D eigenvalue weighted by molar-refractivity contribution is 14.1. The minimum atomic E-state index is -0.974. The molecule has 1 aliphatic rings. The maximum Gasteiger partial charge on any atom is 0.335 e. The van der Waals surface area contributed by atoms with Gasteiger partial charge in [0.25, 0.3) is 11.1 Å². The Morgan fingerprint density at radius 1 is 1.06 bits per heavy atom. The van der Waals surface area contributed by atoms with Crippen LogP contribution in [-0.2, 0) is 11.4 Å². The van der Waals surface area contributed by atoms with Crippen LogP contribution in [0.3, 0.4) is 0 Å². The van der Waals surface area contributed by atoms with Crippen molar-refractivity contribution < 1.29 is 24.2 Å². The molecule has 0 aliphatic carbocycles. The second-order valence-corrected chi connectivity index (χ2v) is 10.9. The van der Waals surface area contributed by atoms with Gasteiger partial charge in [-0.15, -0.1) is 0 Å². The molecule has 1 N–H and O–H groups in total. The summed E-state index contributed by atoms with van der Waals surface area (Å²) < 4.78 is 7.65. The number of anilines is 1. The third kappa shape index (κ3) is 5.58. The number of hydrogen-bond acceptors (Lipinski definition) is 5. The molecule has 0 radical (unpaired) electrons. The van der Waals surface area contributed by atoms with Crippen LogP contribution in [0.25, 0.3) is 6.08 Å². The van der Waals surface area contributed by atoms with E-state index in [-0.39, 0.29) is 17.4 Å². The zero-order valence-corrected chi connectivity index (χ0v) is 23.0. The first-order valence-corrected chi connectivity index (χ1v) is 13.1. The largest absolute Gasteiger partial charge is 0.487 e. The number of carbonyl (C=O) groups excluding carboxylic acids is 2. The van der Waals surface area contributed by atoms with E-state index in [0.29, 0.717) is 21.4 Å². The number of imide groups is 1. The molecule has 0 atom stereocenters. The Hall–Kier alpha value is -2.09. The Labute approximate surface area is 231 Å². The Kier molecular flexibility index (Phi) is 7.85. The minimum absolute atomic E-state index is 0.219. The highest BCUT2D eigenvalue weighted by Crippen LogP contribution is 2.37. The van der Waals surface area contributed by atoms with Gasteiger partial charge in [-0.05, 0) is 117 Å². The number of rotatable bonds is 6. The molecule has 1 aliphatic heterocycles. The van der Waals surface area contributed by atoms with Gasteiger partial charge in [-0.1, -0.05) is 29.8 Å². The second kappa shape index (κ2) is 10.7. The third-order valence-corrected chi connectivity index (χ3v) is 7.47. The normalized spacial score (nSPS) is 14.7. The van der Waals surface area contributed by atoms with Gasteiger partial charge in [0.2, 0.25) is 0 Å². The third-order valence-electron chi connectivity index (χ3n) is 4.76. The molecule has 1 fully saturated rings. The highest BCUT2D eigenvalue weighted by Gasteiger charge is 2.36. The van der Waals surface area contributed by atoms with E-state index in [1.165, 1.54) is 12.1 Å². The molecule has 4 rings (SSSR count). The predicted molar refractivity (Wildman–Crippen MR) is 150 cm³/mol. The van der Waals surface area contributed by atoms with Crippen LogP contribution in [0.1, 0.15) is 21.5 Å². The molecule has 1 saturated heterocycles. The van der Waals surface area contributed by atoms with Gasteiger partial charge in [0.15, 0.2) is 0 Å². The number of nitrogens with zero attached hydrogens (tertiary/aromatic N) is 1. The number of hydrogen-bond donors (Lipinski definition) is 1. The van der Waals surface area contributed by atoms with Crippen molar-refractivity contribution in [3.05, 3.63) is 94.4 Å². The van der Waals surface area contributed by atoms with Gasteiger partial charge < -0.3 is 9.84 Å². The minimum Gasteiger partial charge on any atom is -0.487 e. The van der Waals surface area contributed by atoms with E-state index in [9.17, 15) is 14.4 Å². The number of benzene rings is 3. The van der Waals surface area contributed by atoms with E-state index < -0.39 is 11.9 Å². The highest BCUT2D eigenvalue weighted by atomic mass is 127. The van der Waals surface area contributed by atoms with Crippen molar-refractivity contribution in [3.63, 3.8) is 0 Å². The second-order valence-electron chi connectivity index (χ2n) is 7.10. The van der Waals surface area contributed by atoms with E-state index >= 15 is 0 Å². The van der Waals surface area contributed by atoms with Gasteiger partial charge >= 0.3 is 5.97 Å². The van der Waals surface area contributed by atoms with Gasteiger partial charge in [0.05, 0.1) is 23.3 Å². The van der Waals surface area contributed by atoms with Crippen LogP contribution in [0.2, 0.25) is 5.02 Å². The number of carbonyl (C=O) groups is 3. The first-order valence-electron chi connectivity index (χ1n) is 9.70. The lowest BCUT2D eigenvalue weighted by Gasteiger charge is -2.13. The number of aromatic carboxylic acids is 1. The first-order chi connectivity index (χ1) is 16.2. The van der Waals surface area contributed by atoms with Gasteiger partial charge in [-0.2, -0.15) is 0 Å². The maximum absolute atomic E-state index is 12.9. The van der Waals surface area contributed by atoms with Gasteiger partial charge in [-0.3, -0.25) is 9.59 Å². The van der Waals surface area contributed by atoms with E-state index in [1.54, 1.807) is 42.5 Å². The van der Waals surface area contributed by atoms with Crippen LogP contribution in [0.15, 0.2) is 65.6 Å². The monoisotopic (exact) mass is 717 g/mol. The number of carboxylic acids is 1. The lowest BCUT2D eigenvalue weighted by Crippen LogP contribution is -2.27. The van der Waals surface area contributed by atoms with Gasteiger partial charge in [0.1, 0.15) is 12.4 Å². The molecule has 3 aromatic rings. The van der Waals surface area contributed by atoms with Crippen LogP contribution in [-0.4, -0.2) is 22.2 Å². The molecule has 172 valence electrons. The molecule has 3 aromatic carbocycles. The average Bonchev–Trinajstić information content (AvgIpc) is 3.06. The summed E-state index contributed by atoms with van der Waals surface area (Å²) in [5.74, 6) is -0.683. The van der Waals surface area contributed by atoms with Crippen molar-refractivity contribution in [2.24, 2.45) is 0 Å². The fourth-order valence-electron chi connectivity index (χ4n) is 3.16. The zero-order valence-electron chi connectivity index (χ0n) is 17.1. The van der Waals surface area contributed by atoms with Crippen molar-refractivity contribution in [1.82, 2.24) is 0 Å². The smallest absolute Gasteiger partial charge is 0.335 e. The Balaban J connectivity index is 1.52. The Morgan fingerprint density at radius 2 is 1.74 bits per heavy atom. The summed E-state index contributed by atoms with van der Waals surface area (Å²) in [6, 6.07) is 16.9. The van der Waals surface area contributed by atoms with Crippen molar-refractivity contribution in [2.75, 3.05) is 4.90 Å². The number of ether oxygens (including phenoxy) is 1. The van der Waals surface area contributed by atoms with Crippen molar-refractivity contribution in [1.29, 1.82) is 0 Å². The molecule has 10 heteroatoms. The summed E-state index contributed by atoms with van der Waals surface area (Å²) >= 11 is 11.2. The fraction of sp³-hybridized carbons (Fsp3) is 0.0417. The van der Waals surface area contributed by atoms with Crippen LogP contribution in [0, 0.1) is 7.14 Å². The summed E-state index contributed by atoms with van der Waals surface area (Å²) in [5.41, 5.74) is 2.26. The molecular weight excluding hydrogens is 704 g/mol. The summed E-state index contributed by atoms with van der Waals surface area (Å²) in [6.45, 7) is 0.282. The first kappa shape index (κ1) is 25.0. The van der Waals surface area contributed by atoms with Crippen molar-refractivity contribution in [3.8, 4) is 5.75 Å². The Morgan fingerprint density at radius 3 is 2.35 bits per heavy atom. The van der Waals surface area contributed by atoms with Crippen molar-refractivity contribution >= 4 is 97.4 Å². The summed E-state index contributed by atoms with van der Waals surface area (Å²) in [4.78, 5) is 37.8. The SMILES string of the molecule is O=C(O)c1ccc(COc2c(I)cc(/C=C3/SC(=O)N(c4cccc(Cl)c4)C3=O)cc2I)cc1. The molecule has 1 heterocycles. The number of halogens is 3. The number of thioether (sulfide) groups is 1. The Bertz CT molecular complexity index is 1320. The summed E-state index contributed by atoms with van der Waals surface area (Å²) in [7, 11) is 0.